The highest BCUT2D eigenvalue weighted by Crippen LogP contribution is 2.28. The predicted molar refractivity (Wildman–Crippen MR) is 117 cm³/mol. The van der Waals surface area contributed by atoms with Gasteiger partial charge in [0.25, 0.3) is 12.4 Å². The monoisotopic (exact) mass is 419 g/mol. The second kappa shape index (κ2) is 11.4. The molecule has 1 saturated carbocycles. The lowest BCUT2D eigenvalue weighted by atomic mass is 9.95. The van der Waals surface area contributed by atoms with Crippen LogP contribution in [0.5, 0.6) is 0 Å². The van der Waals surface area contributed by atoms with Gasteiger partial charge in [0.1, 0.15) is 10.8 Å². The molecule has 3 rings (SSSR count). The summed E-state index contributed by atoms with van der Waals surface area (Å²) in [5.74, 6) is 2.19. The van der Waals surface area contributed by atoms with E-state index in [2.05, 4.69) is 17.1 Å². The van der Waals surface area contributed by atoms with Crippen molar-refractivity contribution in [3.05, 3.63) is 17.7 Å². The van der Waals surface area contributed by atoms with Crippen molar-refractivity contribution in [3.8, 4) is 0 Å². The molecule has 1 N–H and O–H groups in total. The molecule has 0 aromatic carbocycles. The topological polar surface area (TPSA) is 71.5 Å². The maximum absolute atomic E-state index is 12.9. The summed E-state index contributed by atoms with van der Waals surface area (Å²) >= 11 is 1.66. The van der Waals surface area contributed by atoms with Crippen molar-refractivity contribution >= 4 is 30.0 Å². The van der Waals surface area contributed by atoms with Crippen LogP contribution < -0.4 is 10.2 Å². The Balaban J connectivity index is 1.72. The van der Waals surface area contributed by atoms with Gasteiger partial charge in [-0.2, -0.15) is 0 Å². The van der Waals surface area contributed by atoms with Crippen LogP contribution in [0.25, 0.3) is 0 Å². The largest absolute Gasteiger partial charge is 0.468 e. The van der Waals surface area contributed by atoms with Crippen molar-refractivity contribution in [2.75, 3.05) is 30.3 Å². The summed E-state index contributed by atoms with van der Waals surface area (Å²) in [5.41, 5.74) is 0.690. The number of thioether (sulfide) groups is 1. The fourth-order valence-corrected chi connectivity index (χ4v) is 5.05. The van der Waals surface area contributed by atoms with E-state index in [4.69, 9.17) is 9.72 Å². The van der Waals surface area contributed by atoms with Gasteiger partial charge in [0, 0.05) is 25.0 Å². The fraction of sp³-hybridized carbons (Fsp3) is 0.682. The average molecular weight is 420 g/mol. The van der Waals surface area contributed by atoms with Crippen LogP contribution in [-0.2, 0) is 9.53 Å². The molecule has 1 aliphatic carbocycles. The van der Waals surface area contributed by atoms with Gasteiger partial charge in [-0.25, -0.2) is 4.98 Å². The highest BCUT2D eigenvalue weighted by molar-refractivity contribution is 7.99. The van der Waals surface area contributed by atoms with Crippen molar-refractivity contribution in [2.45, 2.75) is 69.4 Å². The van der Waals surface area contributed by atoms with Gasteiger partial charge in [0.15, 0.2) is 0 Å². The van der Waals surface area contributed by atoms with Crippen LogP contribution in [0.2, 0.25) is 0 Å². The van der Waals surface area contributed by atoms with E-state index in [1.54, 1.807) is 11.8 Å². The quantitative estimate of drug-likeness (QED) is 0.481. The molecule has 6 nitrogen and oxygen atoms in total. The molecule has 2 heterocycles. The van der Waals surface area contributed by atoms with Crippen LogP contribution in [0, 0.1) is 5.92 Å². The molecule has 1 amide bonds. The molecule has 1 aliphatic heterocycles. The summed E-state index contributed by atoms with van der Waals surface area (Å²) < 4.78 is 4.97. The minimum absolute atomic E-state index is 0.00505. The number of hydrogen-bond acceptors (Lipinski definition) is 6. The number of carbonyl (C=O) groups is 2. The van der Waals surface area contributed by atoms with Gasteiger partial charge in [-0.05, 0) is 50.0 Å². The maximum Gasteiger partial charge on any atom is 0.293 e. The van der Waals surface area contributed by atoms with E-state index < -0.39 is 0 Å². The number of ether oxygens (including phenoxy) is 1. The molecule has 0 spiro atoms. The number of hydrogen-bond donors (Lipinski definition) is 1. The van der Waals surface area contributed by atoms with Crippen LogP contribution in [0.1, 0.15) is 68.6 Å². The van der Waals surface area contributed by atoms with Crippen molar-refractivity contribution in [1.29, 1.82) is 0 Å². The molecule has 1 atom stereocenters. The van der Waals surface area contributed by atoms with Crippen LogP contribution >= 0.6 is 11.8 Å². The molecule has 0 radical (unpaired) electrons. The van der Waals surface area contributed by atoms with Gasteiger partial charge in [-0.15, -0.1) is 11.8 Å². The first-order valence-corrected chi connectivity index (χ1v) is 11.9. The number of pyridine rings is 1. The van der Waals surface area contributed by atoms with Gasteiger partial charge >= 0.3 is 0 Å². The SMILES string of the molecule is CCCSc1nc(N2CCC[C@H](COC=O)C2)ccc1C(=O)NC1CCCCC1. The number of aromatic nitrogens is 1. The summed E-state index contributed by atoms with van der Waals surface area (Å²) in [5, 5.41) is 4.05. The maximum atomic E-state index is 12.9. The summed E-state index contributed by atoms with van der Waals surface area (Å²) in [6, 6.07) is 4.19. The van der Waals surface area contributed by atoms with Gasteiger partial charge < -0.3 is 15.0 Å². The molecular formula is C22H33N3O3S. The number of piperidine rings is 1. The lowest BCUT2D eigenvalue weighted by Crippen LogP contribution is -2.38. The summed E-state index contributed by atoms with van der Waals surface area (Å²) in [7, 11) is 0. The van der Waals surface area contributed by atoms with Crippen molar-refractivity contribution in [3.63, 3.8) is 0 Å². The summed E-state index contributed by atoms with van der Waals surface area (Å²) in [4.78, 5) is 30.6. The molecule has 0 bridgehead atoms. The zero-order valence-electron chi connectivity index (χ0n) is 17.4. The predicted octanol–water partition coefficient (Wildman–Crippen LogP) is 4.04. The lowest BCUT2D eigenvalue weighted by molar-refractivity contribution is -0.130. The van der Waals surface area contributed by atoms with E-state index in [0.29, 0.717) is 30.6 Å². The van der Waals surface area contributed by atoms with Gasteiger partial charge in [0.05, 0.1) is 12.2 Å². The molecular weight excluding hydrogens is 386 g/mol. The third-order valence-electron chi connectivity index (χ3n) is 5.72. The fourth-order valence-electron chi connectivity index (χ4n) is 4.18. The highest BCUT2D eigenvalue weighted by Gasteiger charge is 2.24. The van der Waals surface area contributed by atoms with E-state index in [1.807, 2.05) is 12.1 Å². The molecule has 2 fully saturated rings. The number of rotatable bonds is 9. The minimum atomic E-state index is 0.00505. The first kappa shape index (κ1) is 21.9. The first-order valence-electron chi connectivity index (χ1n) is 11.0. The normalized spacial score (nSPS) is 20.3. The Morgan fingerprint density at radius 3 is 2.86 bits per heavy atom. The van der Waals surface area contributed by atoms with E-state index >= 15 is 0 Å². The number of anilines is 1. The standard InChI is InChI=1S/C22H33N3O3S/c1-2-13-29-22-19(21(27)23-18-8-4-3-5-9-18)10-11-20(24-22)25-12-6-7-17(14-25)15-28-16-26/h10-11,16-18H,2-9,12-15H2,1H3,(H,23,27)/t17-/m0/s1. The molecule has 1 aromatic rings. The van der Waals surface area contributed by atoms with Gasteiger partial charge in [0.2, 0.25) is 0 Å². The molecule has 29 heavy (non-hydrogen) atoms. The first-order chi connectivity index (χ1) is 14.2. The Kier molecular flexibility index (Phi) is 8.65. The highest BCUT2D eigenvalue weighted by atomic mass is 32.2. The Bertz CT molecular complexity index is 679. The summed E-state index contributed by atoms with van der Waals surface area (Å²) in [6.07, 6.45) is 8.97. The number of amides is 1. The average Bonchev–Trinajstić information content (AvgIpc) is 2.77. The lowest BCUT2D eigenvalue weighted by Gasteiger charge is -2.33. The zero-order valence-corrected chi connectivity index (χ0v) is 18.2. The van der Waals surface area contributed by atoms with Crippen molar-refractivity contribution < 1.29 is 14.3 Å². The third kappa shape index (κ3) is 6.36. The minimum Gasteiger partial charge on any atom is -0.468 e. The molecule has 1 saturated heterocycles. The molecule has 2 aliphatic rings. The van der Waals surface area contributed by atoms with Crippen LogP contribution in [-0.4, -0.2) is 48.9 Å². The Morgan fingerprint density at radius 2 is 2.10 bits per heavy atom. The van der Waals surface area contributed by atoms with Crippen LogP contribution in [0.15, 0.2) is 17.2 Å². The molecule has 7 heteroatoms. The Labute approximate surface area is 178 Å². The van der Waals surface area contributed by atoms with Gasteiger partial charge in [-0.3, -0.25) is 9.59 Å². The van der Waals surface area contributed by atoms with Crippen LogP contribution in [0.3, 0.4) is 0 Å². The third-order valence-corrected chi connectivity index (χ3v) is 6.91. The Morgan fingerprint density at radius 1 is 1.28 bits per heavy atom. The van der Waals surface area contributed by atoms with E-state index in [-0.39, 0.29) is 5.91 Å². The number of nitrogens with zero attached hydrogens (tertiary/aromatic N) is 2. The molecule has 1 aromatic heterocycles. The van der Waals surface area contributed by atoms with Crippen molar-refractivity contribution in [1.82, 2.24) is 10.3 Å². The number of nitrogens with one attached hydrogen (secondary N) is 1. The van der Waals surface area contributed by atoms with E-state index in [0.717, 1.165) is 61.8 Å². The number of carbonyl (C=O) groups excluding carboxylic acids is 2. The zero-order chi connectivity index (χ0) is 20.5. The van der Waals surface area contributed by atoms with E-state index in [1.165, 1.54) is 19.3 Å². The second-order valence-electron chi connectivity index (χ2n) is 8.06. The molecule has 0 unspecified atom stereocenters. The second-order valence-corrected chi connectivity index (χ2v) is 9.15. The van der Waals surface area contributed by atoms with Gasteiger partial charge in [-0.1, -0.05) is 26.2 Å². The van der Waals surface area contributed by atoms with Crippen molar-refractivity contribution in [2.24, 2.45) is 5.92 Å². The Hall–Kier alpha value is -1.76. The summed E-state index contributed by atoms with van der Waals surface area (Å²) in [6.45, 7) is 4.89. The van der Waals surface area contributed by atoms with E-state index in [9.17, 15) is 9.59 Å². The molecule has 160 valence electrons. The van der Waals surface area contributed by atoms with Crippen LogP contribution in [0.4, 0.5) is 5.82 Å². The smallest absolute Gasteiger partial charge is 0.293 e.